The van der Waals surface area contributed by atoms with Crippen LogP contribution in [0.4, 0.5) is 0 Å². The molecule has 0 amide bonds. The Bertz CT molecular complexity index is 677. The molecule has 0 spiro atoms. The molecule has 22 heavy (non-hydrogen) atoms. The second-order valence-corrected chi connectivity index (χ2v) is 5.56. The normalized spacial score (nSPS) is 11.8. The van der Waals surface area contributed by atoms with E-state index in [1.54, 1.807) is 30.3 Å². The molecule has 0 aromatic heterocycles. The molecule has 2 aromatic rings. The predicted octanol–water partition coefficient (Wildman–Crippen LogP) is 4.18. The van der Waals surface area contributed by atoms with E-state index in [0.29, 0.717) is 10.6 Å². The molecule has 2 rings (SSSR count). The number of esters is 1. The first-order chi connectivity index (χ1) is 10.5. The lowest BCUT2D eigenvalue weighted by molar-refractivity contribution is -0.142. The van der Waals surface area contributed by atoms with E-state index in [4.69, 9.17) is 16.3 Å². The van der Waals surface area contributed by atoms with Crippen molar-refractivity contribution in [2.24, 2.45) is 0 Å². The second kappa shape index (κ2) is 7.23. The summed E-state index contributed by atoms with van der Waals surface area (Å²) in [4.78, 5) is 24.5. The number of aryl methyl sites for hydroxylation is 1. The Morgan fingerprint density at radius 3 is 2.41 bits per heavy atom. The number of ketones is 1. The quantitative estimate of drug-likeness (QED) is 0.614. The van der Waals surface area contributed by atoms with Crippen LogP contribution < -0.4 is 0 Å². The lowest BCUT2D eigenvalue weighted by Gasteiger charge is -2.14. The van der Waals surface area contributed by atoms with Gasteiger partial charge in [0.15, 0.2) is 5.78 Å². The summed E-state index contributed by atoms with van der Waals surface area (Å²) in [6.45, 7) is 1.92. The average molecular weight is 317 g/mol. The zero-order valence-electron chi connectivity index (χ0n) is 12.5. The van der Waals surface area contributed by atoms with Gasteiger partial charge in [-0.05, 0) is 30.7 Å². The summed E-state index contributed by atoms with van der Waals surface area (Å²) in [7, 11) is 1.32. The number of methoxy groups -OCH3 is 1. The van der Waals surface area contributed by atoms with Crippen molar-refractivity contribution in [2.75, 3.05) is 7.11 Å². The van der Waals surface area contributed by atoms with Crippen LogP contribution in [0.3, 0.4) is 0 Å². The molecule has 0 heterocycles. The van der Waals surface area contributed by atoms with Gasteiger partial charge in [-0.2, -0.15) is 0 Å². The number of Topliss-reactive ketones (excluding diaryl/α,β-unsaturated/α-hetero) is 1. The number of benzene rings is 2. The van der Waals surface area contributed by atoms with Crippen molar-refractivity contribution in [1.82, 2.24) is 0 Å². The molecule has 0 aliphatic rings. The Kier molecular flexibility index (Phi) is 5.34. The van der Waals surface area contributed by atoms with Crippen LogP contribution in [0.15, 0.2) is 48.5 Å². The minimum atomic E-state index is -0.629. The molecule has 0 saturated carbocycles. The molecule has 0 aliphatic carbocycles. The standard InChI is InChI=1S/C18H17ClO3/c1-12-4-3-5-14(10-12)17(20)11-16(18(21)22-2)13-6-8-15(19)9-7-13/h3-10,16H,11H2,1-2H3/t16-/m0/s1. The molecule has 0 fully saturated rings. The SMILES string of the molecule is COC(=O)[C@@H](CC(=O)c1cccc(C)c1)c1ccc(Cl)cc1. The fourth-order valence-electron chi connectivity index (χ4n) is 2.30. The highest BCUT2D eigenvalue weighted by atomic mass is 35.5. The van der Waals surface area contributed by atoms with Crippen LogP contribution >= 0.6 is 11.6 Å². The third-order valence-corrected chi connectivity index (χ3v) is 3.74. The minimum absolute atomic E-state index is 0.0672. The van der Waals surface area contributed by atoms with Gasteiger partial charge in [-0.1, -0.05) is 47.5 Å². The van der Waals surface area contributed by atoms with Crippen molar-refractivity contribution in [3.63, 3.8) is 0 Å². The summed E-state index contributed by atoms with van der Waals surface area (Å²) in [5.41, 5.74) is 2.33. The summed E-state index contributed by atoms with van der Waals surface area (Å²) < 4.78 is 4.83. The first-order valence-corrected chi connectivity index (χ1v) is 7.32. The van der Waals surface area contributed by atoms with Gasteiger partial charge in [0.1, 0.15) is 0 Å². The van der Waals surface area contributed by atoms with Gasteiger partial charge in [0, 0.05) is 17.0 Å². The van der Waals surface area contributed by atoms with Crippen LogP contribution in [0.5, 0.6) is 0 Å². The average Bonchev–Trinajstić information content (AvgIpc) is 2.52. The number of hydrogen-bond donors (Lipinski definition) is 0. The van der Waals surface area contributed by atoms with Gasteiger partial charge >= 0.3 is 5.97 Å². The van der Waals surface area contributed by atoms with Gasteiger partial charge in [-0.3, -0.25) is 9.59 Å². The Morgan fingerprint density at radius 2 is 1.82 bits per heavy atom. The number of halogens is 1. The maximum Gasteiger partial charge on any atom is 0.313 e. The van der Waals surface area contributed by atoms with Crippen molar-refractivity contribution < 1.29 is 14.3 Å². The molecular formula is C18H17ClO3. The molecule has 1 atom stereocenters. The van der Waals surface area contributed by atoms with E-state index in [1.807, 2.05) is 25.1 Å². The van der Waals surface area contributed by atoms with Gasteiger partial charge in [0.05, 0.1) is 13.0 Å². The molecule has 0 unspecified atom stereocenters. The Balaban J connectivity index is 2.25. The van der Waals surface area contributed by atoms with Gasteiger partial charge in [-0.15, -0.1) is 0 Å². The molecule has 0 aliphatic heterocycles. The van der Waals surface area contributed by atoms with Crippen LogP contribution in [0.25, 0.3) is 0 Å². The first-order valence-electron chi connectivity index (χ1n) is 6.94. The maximum absolute atomic E-state index is 12.4. The van der Waals surface area contributed by atoms with Gasteiger partial charge < -0.3 is 4.74 Å². The number of carbonyl (C=O) groups is 2. The van der Waals surface area contributed by atoms with E-state index in [-0.39, 0.29) is 12.2 Å². The monoisotopic (exact) mass is 316 g/mol. The highest BCUT2D eigenvalue weighted by molar-refractivity contribution is 6.30. The number of rotatable bonds is 5. The topological polar surface area (TPSA) is 43.4 Å². The minimum Gasteiger partial charge on any atom is -0.469 e. The molecule has 4 heteroatoms. The Morgan fingerprint density at radius 1 is 1.14 bits per heavy atom. The number of ether oxygens (including phenoxy) is 1. The summed E-state index contributed by atoms with van der Waals surface area (Å²) in [6.07, 6.45) is 0.0672. The molecule has 0 bridgehead atoms. The fraction of sp³-hybridized carbons (Fsp3) is 0.222. The smallest absolute Gasteiger partial charge is 0.313 e. The summed E-state index contributed by atoms with van der Waals surface area (Å²) in [6, 6.07) is 14.2. The van der Waals surface area contributed by atoms with Crippen LogP contribution in [-0.4, -0.2) is 18.9 Å². The van der Waals surface area contributed by atoms with Crippen LogP contribution in [0.2, 0.25) is 5.02 Å². The molecule has 114 valence electrons. The number of hydrogen-bond acceptors (Lipinski definition) is 3. The van der Waals surface area contributed by atoms with E-state index in [9.17, 15) is 9.59 Å². The third kappa shape index (κ3) is 3.95. The maximum atomic E-state index is 12.4. The summed E-state index contributed by atoms with van der Waals surface area (Å²) >= 11 is 5.87. The van der Waals surface area contributed by atoms with Crippen molar-refractivity contribution in [3.05, 3.63) is 70.2 Å². The third-order valence-electron chi connectivity index (χ3n) is 3.49. The van der Waals surface area contributed by atoms with Gasteiger partial charge in [0.2, 0.25) is 0 Å². The first kappa shape index (κ1) is 16.2. The lowest BCUT2D eigenvalue weighted by Crippen LogP contribution is -2.18. The molecular weight excluding hydrogens is 300 g/mol. The van der Waals surface area contributed by atoms with Crippen LogP contribution in [0, 0.1) is 6.92 Å². The van der Waals surface area contributed by atoms with E-state index in [0.717, 1.165) is 11.1 Å². The highest BCUT2D eigenvalue weighted by Crippen LogP contribution is 2.25. The zero-order valence-corrected chi connectivity index (χ0v) is 13.3. The molecule has 0 N–H and O–H groups in total. The van der Waals surface area contributed by atoms with Crippen molar-refractivity contribution in [1.29, 1.82) is 0 Å². The van der Waals surface area contributed by atoms with E-state index >= 15 is 0 Å². The molecule has 0 saturated heterocycles. The van der Waals surface area contributed by atoms with Crippen molar-refractivity contribution in [3.8, 4) is 0 Å². The predicted molar refractivity (Wildman–Crippen MR) is 86.3 cm³/mol. The number of carbonyl (C=O) groups excluding carboxylic acids is 2. The molecule has 0 radical (unpaired) electrons. The highest BCUT2D eigenvalue weighted by Gasteiger charge is 2.25. The zero-order chi connectivity index (χ0) is 16.1. The Hall–Kier alpha value is -2.13. The largest absolute Gasteiger partial charge is 0.469 e. The van der Waals surface area contributed by atoms with E-state index in [2.05, 4.69) is 0 Å². The summed E-state index contributed by atoms with van der Waals surface area (Å²) in [5, 5.41) is 0.581. The summed E-state index contributed by atoms with van der Waals surface area (Å²) in [5.74, 6) is -1.15. The lowest BCUT2D eigenvalue weighted by atomic mass is 9.91. The van der Waals surface area contributed by atoms with E-state index < -0.39 is 11.9 Å². The Labute approximate surface area is 134 Å². The van der Waals surface area contributed by atoms with Crippen molar-refractivity contribution >= 4 is 23.4 Å². The molecule has 3 nitrogen and oxygen atoms in total. The van der Waals surface area contributed by atoms with E-state index in [1.165, 1.54) is 7.11 Å². The van der Waals surface area contributed by atoms with Crippen LogP contribution in [-0.2, 0) is 9.53 Å². The van der Waals surface area contributed by atoms with Crippen molar-refractivity contribution in [2.45, 2.75) is 19.3 Å². The fourth-order valence-corrected chi connectivity index (χ4v) is 2.42. The second-order valence-electron chi connectivity index (χ2n) is 5.12. The van der Waals surface area contributed by atoms with Gasteiger partial charge in [0.25, 0.3) is 0 Å². The molecule has 2 aromatic carbocycles. The van der Waals surface area contributed by atoms with Crippen LogP contribution in [0.1, 0.15) is 33.8 Å². The van der Waals surface area contributed by atoms with Gasteiger partial charge in [-0.25, -0.2) is 0 Å².